The van der Waals surface area contributed by atoms with Gasteiger partial charge in [-0.2, -0.15) is 0 Å². The van der Waals surface area contributed by atoms with E-state index in [1.54, 1.807) is 0 Å². The largest absolute Gasteiger partial charge is 0.370 e. The molecule has 0 amide bonds. The van der Waals surface area contributed by atoms with Crippen LogP contribution in [0.3, 0.4) is 0 Å². The highest BCUT2D eigenvalue weighted by Crippen LogP contribution is 2.27. The van der Waals surface area contributed by atoms with Gasteiger partial charge in [0.1, 0.15) is 0 Å². The predicted molar refractivity (Wildman–Crippen MR) is 87.2 cm³/mol. The summed E-state index contributed by atoms with van der Waals surface area (Å²) in [7, 11) is 0. The maximum atomic E-state index is 3.58. The number of anilines is 1. The molecule has 18 heavy (non-hydrogen) atoms. The smallest absolute Gasteiger partial charge is 0.0501 e. The van der Waals surface area contributed by atoms with Crippen molar-refractivity contribution in [2.75, 3.05) is 31.1 Å². The molecule has 1 aliphatic heterocycles. The molecule has 0 bridgehead atoms. The average molecular weight is 358 g/mol. The van der Waals surface area contributed by atoms with Gasteiger partial charge >= 0.3 is 0 Å². The molecule has 2 nitrogen and oxygen atoms in total. The fraction of sp³-hybridized carbons (Fsp3) is 0.600. The molecule has 1 aromatic carbocycles. The molecular formula is C15H23IN2. The number of nitrogens with zero attached hydrogens (tertiary/aromatic N) is 1. The van der Waals surface area contributed by atoms with Gasteiger partial charge in [0.25, 0.3) is 0 Å². The third-order valence-electron chi connectivity index (χ3n) is 3.46. The topological polar surface area (TPSA) is 15.3 Å². The van der Waals surface area contributed by atoms with Crippen LogP contribution in [0.15, 0.2) is 24.3 Å². The molecule has 1 aromatic rings. The van der Waals surface area contributed by atoms with Crippen LogP contribution in [-0.2, 0) is 0 Å². The van der Waals surface area contributed by atoms with Crippen LogP contribution in [0.2, 0.25) is 0 Å². The van der Waals surface area contributed by atoms with Gasteiger partial charge in [-0.05, 0) is 66.1 Å². The molecule has 0 saturated carbocycles. The van der Waals surface area contributed by atoms with Crippen molar-refractivity contribution < 1.29 is 0 Å². The van der Waals surface area contributed by atoms with Crippen LogP contribution in [0.1, 0.15) is 20.3 Å². The molecule has 0 aromatic heterocycles. The lowest BCUT2D eigenvalue weighted by atomic mass is 10.1. The van der Waals surface area contributed by atoms with Crippen molar-refractivity contribution in [3.05, 3.63) is 27.8 Å². The van der Waals surface area contributed by atoms with Crippen LogP contribution in [-0.4, -0.2) is 26.2 Å². The first kappa shape index (κ1) is 14.1. The molecule has 0 spiro atoms. The standard InChI is InChI=1S/C15H23IN2/c1-12(2)9-17-10-13-7-8-18(11-13)15-6-4-3-5-14(15)16/h3-6,12-13,17H,7-11H2,1-2H3. The zero-order valence-corrected chi connectivity index (χ0v) is 13.5. The van der Waals surface area contributed by atoms with Crippen molar-refractivity contribution in [2.24, 2.45) is 11.8 Å². The zero-order valence-electron chi connectivity index (χ0n) is 11.3. The number of hydrogen-bond donors (Lipinski definition) is 1. The molecule has 1 atom stereocenters. The summed E-state index contributed by atoms with van der Waals surface area (Å²) in [5.41, 5.74) is 1.41. The summed E-state index contributed by atoms with van der Waals surface area (Å²) < 4.78 is 1.37. The third-order valence-corrected chi connectivity index (χ3v) is 4.38. The maximum Gasteiger partial charge on any atom is 0.0501 e. The quantitative estimate of drug-likeness (QED) is 0.812. The minimum atomic E-state index is 0.748. The van der Waals surface area contributed by atoms with Crippen molar-refractivity contribution >= 4 is 28.3 Å². The Labute approximate surface area is 124 Å². The first-order chi connectivity index (χ1) is 8.66. The third kappa shape index (κ3) is 3.85. The fourth-order valence-corrected chi connectivity index (χ4v) is 3.23. The van der Waals surface area contributed by atoms with E-state index in [0.29, 0.717) is 0 Å². The molecule has 2 rings (SSSR count). The Balaban J connectivity index is 1.83. The van der Waals surface area contributed by atoms with Gasteiger partial charge in [0, 0.05) is 16.7 Å². The number of nitrogens with one attached hydrogen (secondary N) is 1. The fourth-order valence-electron chi connectivity index (χ4n) is 2.50. The second kappa shape index (κ2) is 6.75. The molecule has 1 heterocycles. The summed E-state index contributed by atoms with van der Waals surface area (Å²) in [6, 6.07) is 8.69. The van der Waals surface area contributed by atoms with Crippen molar-refractivity contribution in [1.82, 2.24) is 5.32 Å². The number of hydrogen-bond acceptors (Lipinski definition) is 2. The van der Waals surface area contributed by atoms with E-state index in [-0.39, 0.29) is 0 Å². The summed E-state index contributed by atoms with van der Waals surface area (Å²) in [4.78, 5) is 2.53. The van der Waals surface area contributed by atoms with Gasteiger partial charge in [-0.3, -0.25) is 0 Å². The first-order valence-electron chi connectivity index (χ1n) is 6.87. The lowest BCUT2D eigenvalue weighted by Gasteiger charge is -2.20. The molecule has 1 N–H and O–H groups in total. The van der Waals surface area contributed by atoms with Crippen LogP contribution >= 0.6 is 22.6 Å². The van der Waals surface area contributed by atoms with Gasteiger partial charge in [0.2, 0.25) is 0 Å². The Morgan fingerprint density at radius 1 is 1.39 bits per heavy atom. The number of para-hydroxylation sites is 1. The predicted octanol–water partition coefficient (Wildman–Crippen LogP) is 3.36. The summed E-state index contributed by atoms with van der Waals surface area (Å²) in [5.74, 6) is 1.55. The molecule has 0 radical (unpaired) electrons. The molecule has 1 saturated heterocycles. The van der Waals surface area contributed by atoms with E-state index in [1.165, 1.54) is 28.8 Å². The van der Waals surface area contributed by atoms with Crippen molar-refractivity contribution in [3.8, 4) is 0 Å². The Bertz CT molecular complexity index is 379. The number of benzene rings is 1. The Hall–Kier alpha value is -0.290. The van der Waals surface area contributed by atoms with E-state index in [4.69, 9.17) is 0 Å². The van der Waals surface area contributed by atoms with Crippen LogP contribution in [0.5, 0.6) is 0 Å². The number of halogens is 1. The van der Waals surface area contributed by atoms with E-state index in [0.717, 1.165) is 24.9 Å². The van der Waals surface area contributed by atoms with Crippen LogP contribution in [0.25, 0.3) is 0 Å². The van der Waals surface area contributed by atoms with Gasteiger partial charge < -0.3 is 10.2 Å². The SMILES string of the molecule is CC(C)CNCC1CCN(c2ccccc2I)C1. The Morgan fingerprint density at radius 2 is 2.17 bits per heavy atom. The van der Waals surface area contributed by atoms with E-state index in [1.807, 2.05) is 0 Å². The Morgan fingerprint density at radius 3 is 2.89 bits per heavy atom. The van der Waals surface area contributed by atoms with Gasteiger partial charge in [0.05, 0.1) is 5.69 Å². The monoisotopic (exact) mass is 358 g/mol. The average Bonchev–Trinajstić information content (AvgIpc) is 2.78. The minimum absolute atomic E-state index is 0.748. The van der Waals surface area contributed by atoms with E-state index in [9.17, 15) is 0 Å². The molecule has 100 valence electrons. The number of rotatable bonds is 5. The highest BCUT2D eigenvalue weighted by molar-refractivity contribution is 14.1. The van der Waals surface area contributed by atoms with E-state index < -0.39 is 0 Å². The van der Waals surface area contributed by atoms with Crippen molar-refractivity contribution in [2.45, 2.75) is 20.3 Å². The van der Waals surface area contributed by atoms with Gasteiger partial charge in [-0.25, -0.2) is 0 Å². The lowest BCUT2D eigenvalue weighted by molar-refractivity contribution is 0.477. The molecule has 1 aliphatic rings. The molecule has 3 heteroatoms. The second-order valence-corrected chi connectivity index (χ2v) is 6.77. The first-order valence-corrected chi connectivity index (χ1v) is 7.95. The van der Waals surface area contributed by atoms with Gasteiger partial charge in [-0.1, -0.05) is 26.0 Å². The summed E-state index contributed by atoms with van der Waals surface area (Å²) >= 11 is 2.44. The molecular weight excluding hydrogens is 335 g/mol. The van der Waals surface area contributed by atoms with E-state index in [2.05, 4.69) is 70.9 Å². The second-order valence-electron chi connectivity index (χ2n) is 5.60. The molecule has 0 aliphatic carbocycles. The normalized spacial score (nSPS) is 19.8. The Kier molecular flexibility index (Phi) is 5.30. The molecule has 1 fully saturated rings. The van der Waals surface area contributed by atoms with Gasteiger partial charge in [0.15, 0.2) is 0 Å². The lowest BCUT2D eigenvalue weighted by Crippen LogP contribution is -2.28. The van der Waals surface area contributed by atoms with Crippen LogP contribution in [0, 0.1) is 15.4 Å². The minimum Gasteiger partial charge on any atom is -0.370 e. The van der Waals surface area contributed by atoms with Crippen LogP contribution in [0.4, 0.5) is 5.69 Å². The van der Waals surface area contributed by atoms with Gasteiger partial charge in [-0.15, -0.1) is 0 Å². The summed E-state index contributed by atoms with van der Waals surface area (Å²) in [5, 5.41) is 3.58. The highest BCUT2D eigenvalue weighted by atomic mass is 127. The highest BCUT2D eigenvalue weighted by Gasteiger charge is 2.23. The van der Waals surface area contributed by atoms with Crippen LogP contribution < -0.4 is 10.2 Å². The summed E-state index contributed by atoms with van der Waals surface area (Å²) in [6.07, 6.45) is 1.32. The van der Waals surface area contributed by atoms with Crippen molar-refractivity contribution in [3.63, 3.8) is 0 Å². The zero-order chi connectivity index (χ0) is 13.0. The van der Waals surface area contributed by atoms with Crippen molar-refractivity contribution in [1.29, 1.82) is 0 Å². The van der Waals surface area contributed by atoms with E-state index >= 15 is 0 Å². The molecule has 1 unspecified atom stereocenters. The summed E-state index contributed by atoms with van der Waals surface area (Å²) in [6.45, 7) is 9.23. The maximum absolute atomic E-state index is 3.58.